The van der Waals surface area contributed by atoms with E-state index in [0.717, 1.165) is 11.9 Å². The number of carbonyl (C=O) groups excluding carboxylic acids is 1. The number of pyridine rings is 1. The van der Waals surface area contributed by atoms with E-state index in [1.807, 2.05) is 0 Å². The Balaban J connectivity index is 1.84. The largest absolute Gasteiger partial charge is 0.355 e. The lowest BCUT2D eigenvalue weighted by Crippen LogP contribution is -2.26. The molecule has 2 aromatic rings. The molecule has 0 aliphatic rings. The van der Waals surface area contributed by atoms with Gasteiger partial charge in [0.2, 0.25) is 5.91 Å². The number of nitrogens with one attached hydrogen (secondary N) is 2. The van der Waals surface area contributed by atoms with Gasteiger partial charge in [0.1, 0.15) is 0 Å². The fourth-order valence-electron chi connectivity index (χ4n) is 1.61. The lowest BCUT2D eigenvalue weighted by Gasteiger charge is -2.06. The highest BCUT2D eigenvalue weighted by Gasteiger charge is 2.08. The Labute approximate surface area is 126 Å². The van der Waals surface area contributed by atoms with E-state index >= 15 is 0 Å². The van der Waals surface area contributed by atoms with Gasteiger partial charge in [0.25, 0.3) is 0 Å². The van der Waals surface area contributed by atoms with Crippen molar-refractivity contribution in [1.29, 1.82) is 0 Å². The highest BCUT2D eigenvalue weighted by molar-refractivity contribution is 7.99. The van der Waals surface area contributed by atoms with Gasteiger partial charge in [-0.25, -0.2) is 9.97 Å². The second-order valence-corrected chi connectivity index (χ2v) is 6.29. The smallest absolute Gasteiger partial charge is 0.230 e. The molecule has 2 N–H and O–H groups in total. The summed E-state index contributed by atoms with van der Waals surface area (Å²) in [4.78, 5) is 23.1. The maximum Gasteiger partial charge on any atom is 0.230 e. The number of nitrogens with zero attached hydrogens (tertiary/aromatic N) is 2. The Kier molecular flexibility index (Phi) is 5.25. The van der Waals surface area contributed by atoms with Gasteiger partial charge >= 0.3 is 0 Å². The van der Waals surface area contributed by atoms with Crippen LogP contribution in [-0.4, -0.2) is 33.2 Å². The highest BCUT2D eigenvalue weighted by Crippen LogP contribution is 2.20. The minimum Gasteiger partial charge on any atom is -0.355 e. The number of amides is 1. The quantitative estimate of drug-likeness (QED) is 0.805. The van der Waals surface area contributed by atoms with Crippen molar-refractivity contribution in [2.75, 3.05) is 12.3 Å². The first-order valence-electron chi connectivity index (χ1n) is 6.45. The summed E-state index contributed by atoms with van der Waals surface area (Å²) in [5.74, 6) is 0.947. The van der Waals surface area contributed by atoms with Crippen LogP contribution in [-0.2, 0) is 4.79 Å². The average Bonchev–Trinajstić information content (AvgIpc) is 2.77. The molecule has 108 valence electrons. The van der Waals surface area contributed by atoms with Gasteiger partial charge in [-0.15, -0.1) is 0 Å². The number of aromatic nitrogens is 3. The van der Waals surface area contributed by atoms with Crippen molar-refractivity contribution in [3.63, 3.8) is 0 Å². The van der Waals surface area contributed by atoms with Crippen LogP contribution in [0.1, 0.15) is 20.3 Å². The van der Waals surface area contributed by atoms with Gasteiger partial charge in [0.05, 0.1) is 16.3 Å². The van der Waals surface area contributed by atoms with Gasteiger partial charge in [-0.1, -0.05) is 37.2 Å². The van der Waals surface area contributed by atoms with Crippen LogP contribution >= 0.6 is 23.4 Å². The zero-order valence-electron chi connectivity index (χ0n) is 11.4. The number of imidazole rings is 1. The molecule has 20 heavy (non-hydrogen) atoms. The van der Waals surface area contributed by atoms with Gasteiger partial charge in [-0.05, 0) is 18.4 Å². The molecule has 2 aromatic heterocycles. The number of hydrogen-bond acceptors (Lipinski definition) is 4. The summed E-state index contributed by atoms with van der Waals surface area (Å²) in [6.45, 7) is 4.98. The topological polar surface area (TPSA) is 70.7 Å². The van der Waals surface area contributed by atoms with Gasteiger partial charge in [-0.2, -0.15) is 0 Å². The van der Waals surface area contributed by atoms with Crippen molar-refractivity contribution >= 4 is 40.4 Å². The summed E-state index contributed by atoms with van der Waals surface area (Å²) in [5.41, 5.74) is 1.39. The molecule has 2 rings (SSSR count). The lowest BCUT2D eigenvalue weighted by molar-refractivity contribution is -0.118. The first-order chi connectivity index (χ1) is 9.54. The number of aromatic amines is 1. The van der Waals surface area contributed by atoms with E-state index in [-0.39, 0.29) is 5.91 Å². The summed E-state index contributed by atoms with van der Waals surface area (Å²) in [7, 11) is 0. The fourth-order valence-corrected chi connectivity index (χ4v) is 2.47. The minimum atomic E-state index is 0.0158. The number of H-pyrrole nitrogens is 1. The third-order valence-corrected chi connectivity index (χ3v) is 3.75. The number of halogens is 1. The van der Waals surface area contributed by atoms with Crippen LogP contribution in [0, 0.1) is 5.92 Å². The van der Waals surface area contributed by atoms with Gasteiger partial charge in [0.15, 0.2) is 10.8 Å². The van der Waals surface area contributed by atoms with Crippen LogP contribution in [0.4, 0.5) is 0 Å². The maximum absolute atomic E-state index is 11.7. The predicted octanol–water partition coefficient (Wildman–Crippen LogP) is 2.87. The van der Waals surface area contributed by atoms with Crippen molar-refractivity contribution in [1.82, 2.24) is 20.3 Å². The van der Waals surface area contributed by atoms with E-state index in [1.165, 1.54) is 11.8 Å². The van der Waals surface area contributed by atoms with Crippen molar-refractivity contribution < 1.29 is 4.79 Å². The molecule has 0 aliphatic carbocycles. The van der Waals surface area contributed by atoms with Gasteiger partial charge in [-0.3, -0.25) is 4.79 Å². The van der Waals surface area contributed by atoms with Crippen LogP contribution in [0.25, 0.3) is 11.2 Å². The molecular weight excluding hydrogens is 296 g/mol. The molecule has 0 saturated heterocycles. The Morgan fingerprint density at radius 1 is 1.55 bits per heavy atom. The normalized spacial score (nSPS) is 11.2. The molecule has 0 bridgehead atoms. The Morgan fingerprint density at radius 3 is 3.10 bits per heavy atom. The lowest BCUT2D eigenvalue weighted by atomic mass is 10.1. The van der Waals surface area contributed by atoms with Crippen LogP contribution < -0.4 is 5.32 Å². The molecule has 0 atom stereocenters. The van der Waals surface area contributed by atoms with E-state index in [9.17, 15) is 4.79 Å². The Morgan fingerprint density at radius 2 is 2.35 bits per heavy atom. The molecule has 0 saturated carbocycles. The van der Waals surface area contributed by atoms with E-state index in [0.29, 0.717) is 34.0 Å². The first kappa shape index (κ1) is 15.1. The van der Waals surface area contributed by atoms with E-state index in [4.69, 9.17) is 11.6 Å². The van der Waals surface area contributed by atoms with E-state index in [2.05, 4.69) is 34.1 Å². The average molecular weight is 313 g/mol. The molecule has 0 aliphatic heterocycles. The second kappa shape index (κ2) is 6.95. The first-order valence-corrected chi connectivity index (χ1v) is 7.81. The zero-order valence-corrected chi connectivity index (χ0v) is 13.0. The Hall–Kier alpha value is -1.27. The summed E-state index contributed by atoms with van der Waals surface area (Å²) < 4.78 is 0. The third kappa shape index (κ3) is 4.38. The number of thioether (sulfide) groups is 1. The van der Waals surface area contributed by atoms with Crippen molar-refractivity contribution in [2.45, 2.75) is 25.4 Å². The molecular formula is C13H17ClN4OS. The number of hydrogen-bond donors (Lipinski definition) is 2. The summed E-state index contributed by atoms with van der Waals surface area (Å²) in [5, 5.41) is 4.12. The van der Waals surface area contributed by atoms with Crippen LogP contribution in [0.3, 0.4) is 0 Å². The highest BCUT2D eigenvalue weighted by atomic mass is 35.5. The van der Waals surface area contributed by atoms with E-state index in [1.54, 1.807) is 12.3 Å². The standard InChI is InChI=1S/C13H17ClN4OS/c1-8(2)3-4-15-11(19)7-20-13-17-10-5-9(14)6-16-12(10)18-13/h5-6,8H,3-4,7H2,1-2H3,(H,15,19)(H,16,17,18). The zero-order chi connectivity index (χ0) is 14.5. The van der Waals surface area contributed by atoms with Crippen LogP contribution in [0.2, 0.25) is 5.02 Å². The van der Waals surface area contributed by atoms with Gasteiger partial charge in [0, 0.05) is 12.7 Å². The summed E-state index contributed by atoms with van der Waals surface area (Å²) in [6, 6.07) is 1.77. The van der Waals surface area contributed by atoms with Gasteiger partial charge < -0.3 is 10.3 Å². The van der Waals surface area contributed by atoms with Crippen molar-refractivity contribution in [2.24, 2.45) is 5.92 Å². The Bertz CT molecular complexity index is 599. The molecule has 1 amide bonds. The molecule has 0 fully saturated rings. The fraction of sp³-hybridized carbons (Fsp3) is 0.462. The predicted molar refractivity (Wildman–Crippen MR) is 82.1 cm³/mol. The SMILES string of the molecule is CC(C)CCNC(=O)CSc1nc2ncc(Cl)cc2[nH]1. The third-order valence-electron chi connectivity index (χ3n) is 2.67. The second-order valence-electron chi connectivity index (χ2n) is 4.89. The molecule has 7 heteroatoms. The molecule has 0 unspecified atom stereocenters. The molecule has 5 nitrogen and oxygen atoms in total. The summed E-state index contributed by atoms with van der Waals surface area (Å²) >= 11 is 7.21. The van der Waals surface area contributed by atoms with Crippen LogP contribution in [0.15, 0.2) is 17.4 Å². The van der Waals surface area contributed by atoms with Crippen LogP contribution in [0.5, 0.6) is 0 Å². The minimum absolute atomic E-state index is 0.0158. The number of fused-ring (bicyclic) bond motifs is 1. The van der Waals surface area contributed by atoms with E-state index < -0.39 is 0 Å². The number of rotatable bonds is 6. The molecule has 0 spiro atoms. The maximum atomic E-state index is 11.7. The molecule has 0 radical (unpaired) electrons. The monoisotopic (exact) mass is 312 g/mol. The van der Waals surface area contributed by atoms with Crippen molar-refractivity contribution in [3.05, 3.63) is 17.3 Å². The summed E-state index contributed by atoms with van der Waals surface area (Å²) in [6.07, 6.45) is 2.54. The van der Waals surface area contributed by atoms with Crippen molar-refractivity contribution in [3.8, 4) is 0 Å². The molecule has 2 heterocycles. The molecule has 0 aromatic carbocycles. The number of carbonyl (C=O) groups is 1.